The summed E-state index contributed by atoms with van der Waals surface area (Å²) in [5, 5.41) is 3.31. The molecule has 1 aliphatic heterocycles. The lowest BCUT2D eigenvalue weighted by molar-refractivity contribution is -0.147. The second-order valence-electron chi connectivity index (χ2n) is 5.06. The maximum Gasteiger partial charge on any atom is 0.321 e. The summed E-state index contributed by atoms with van der Waals surface area (Å²) < 4.78 is 4.48. The summed E-state index contributed by atoms with van der Waals surface area (Å²) in [6.07, 6.45) is -0.273. The molecular formula is C15H18ClN3O4. The lowest BCUT2D eigenvalue weighted by Crippen LogP contribution is -2.52. The molecule has 2 rings (SSSR count). The summed E-state index contributed by atoms with van der Waals surface area (Å²) in [6.45, 7) is 1.58. The van der Waals surface area contributed by atoms with Gasteiger partial charge in [0.05, 0.1) is 7.11 Å². The van der Waals surface area contributed by atoms with Crippen LogP contribution >= 0.6 is 11.6 Å². The molecule has 0 saturated carbocycles. The monoisotopic (exact) mass is 339 g/mol. The number of carbonyl (C=O) groups excluding carboxylic acids is 3. The van der Waals surface area contributed by atoms with Crippen LogP contribution in [0.1, 0.15) is 6.42 Å². The topological polar surface area (TPSA) is 79.0 Å². The molecule has 1 fully saturated rings. The van der Waals surface area contributed by atoms with Crippen molar-refractivity contribution in [3.63, 3.8) is 0 Å². The summed E-state index contributed by atoms with van der Waals surface area (Å²) in [7, 11) is 1.24. The van der Waals surface area contributed by atoms with Crippen molar-refractivity contribution < 1.29 is 19.1 Å². The minimum atomic E-state index is -0.559. The first-order chi connectivity index (χ1) is 11.0. The number of amides is 3. The molecule has 0 radical (unpaired) electrons. The number of piperazine rings is 1. The molecule has 0 bridgehead atoms. The Balaban J connectivity index is 1.83. The predicted octanol–water partition coefficient (Wildman–Crippen LogP) is 1.58. The fraction of sp³-hybridized carbons (Fsp3) is 0.400. The van der Waals surface area contributed by atoms with E-state index < -0.39 is 5.97 Å². The van der Waals surface area contributed by atoms with E-state index >= 15 is 0 Å². The van der Waals surface area contributed by atoms with Gasteiger partial charge >= 0.3 is 12.0 Å². The number of ether oxygens (including phenoxy) is 1. The molecule has 0 atom stereocenters. The Labute approximate surface area is 139 Å². The number of hydrogen-bond acceptors (Lipinski definition) is 4. The number of benzene rings is 1. The predicted molar refractivity (Wildman–Crippen MR) is 85.3 cm³/mol. The van der Waals surface area contributed by atoms with Crippen molar-refractivity contribution in [1.29, 1.82) is 0 Å². The fourth-order valence-corrected chi connectivity index (χ4v) is 2.43. The van der Waals surface area contributed by atoms with Gasteiger partial charge in [-0.3, -0.25) is 9.59 Å². The van der Waals surface area contributed by atoms with Crippen molar-refractivity contribution in [3.05, 3.63) is 29.3 Å². The van der Waals surface area contributed by atoms with E-state index in [1.807, 2.05) is 0 Å². The summed E-state index contributed by atoms with van der Waals surface area (Å²) in [5.74, 6) is -0.845. The summed E-state index contributed by atoms with van der Waals surface area (Å²) in [4.78, 5) is 38.3. The van der Waals surface area contributed by atoms with Crippen molar-refractivity contribution in [2.45, 2.75) is 6.42 Å². The van der Waals surface area contributed by atoms with Crippen molar-refractivity contribution in [3.8, 4) is 0 Å². The van der Waals surface area contributed by atoms with Gasteiger partial charge < -0.3 is 19.9 Å². The van der Waals surface area contributed by atoms with Gasteiger partial charge in [-0.25, -0.2) is 4.79 Å². The molecule has 7 nitrogen and oxygen atoms in total. The van der Waals surface area contributed by atoms with Crippen LogP contribution in [0, 0.1) is 0 Å². The zero-order valence-corrected chi connectivity index (χ0v) is 13.5. The van der Waals surface area contributed by atoms with Crippen LogP contribution in [0.15, 0.2) is 24.3 Å². The average Bonchev–Trinajstić information content (AvgIpc) is 2.54. The minimum absolute atomic E-state index is 0.243. The Bertz CT molecular complexity index is 600. The standard InChI is InChI=1S/C15H18ClN3O4/c1-23-14(21)10-13(20)18-5-7-19(8-6-18)15(22)17-12-4-2-3-11(16)9-12/h2-4,9H,5-8,10H2,1H3,(H,17,22). The van der Waals surface area contributed by atoms with Crippen LogP contribution in [0.3, 0.4) is 0 Å². The first-order valence-corrected chi connectivity index (χ1v) is 7.53. The number of methoxy groups -OCH3 is 1. The molecule has 1 heterocycles. The molecule has 1 N–H and O–H groups in total. The molecule has 1 aliphatic rings. The van der Waals surface area contributed by atoms with Crippen LogP contribution in [0.2, 0.25) is 5.02 Å². The number of carbonyl (C=O) groups is 3. The smallest absolute Gasteiger partial charge is 0.321 e. The van der Waals surface area contributed by atoms with E-state index in [0.717, 1.165) is 0 Å². The molecule has 0 aliphatic carbocycles. The Morgan fingerprint density at radius 1 is 1.17 bits per heavy atom. The highest BCUT2D eigenvalue weighted by Gasteiger charge is 2.25. The van der Waals surface area contributed by atoms with Gasteiger partial charge in [0.25, 0.3) is 0 Å². The van der Waals surface area contributed by atoms with Crippen molar-refractivity contribution in [1.82, 2.24) is 9.80 Å². The van der Waals surface area contributed by atoms with Gasteiger partial charge in [-0.2, -0.15) is 0 Å². The van der Waals surface area contributed by atoms with Crippen molar-refractivity contribution in [2.75, 3.05) is 38.6 Å². The maximum atomic E-state index is 12.2. The van der Waals surface area contributed by atoms with Crippen LogP contribution in [0.5, 0.6) is 0 Å². The minimum Gasteiger partial charge on any atom is -0.469 e. The molecule has 0 spiro atoms. The van der Waals surface area contributed by atoms with Crippen LogP contribution in [-0.2, 0) is 14.3 Å². The van der Waals surface area contributed by atoms with E-state index in [1.54, 1.807) is 34.1 Å². The molecular weight excluding hydrogens is 322 g/mol. The third-order valence-corrected chi connectivity index (χ3v) is 3.75. The van der Waals surface area contributed by atoms with E-state index in [0.29, 0.717) is 36.9 Å². The lowest BCUT2D eigenvalue weighted by Gasteiger charge is -2.34. The largest absolute Gasteiger partial charge is 0.469 e. The van der Waals surface area contributed by atoms with Crippen LogP contribution < -0.4 is 5.32 Å². The molecule has 0 unspecified atom stereocenters. The van der Waals surface area contributed by atoms with Gasteiger partial charge in [-0.1, -0.05) is 17.7 Å². The number of esters is 1. The number of nitrogens with one attached hydrogen (secondary N) is 1. The van der Waals surface area contributed by atoms with Crippen molar-refractivity contribution >= 4 is 35.2 Å². The molecule has 8 heteroatoms. The fourth-order valence-electron chi connectivity index (χ4n) is 2.24. The van der Waals surface area contributed by atoms with Gasteiger partial charge in [-0.05, 0) is 18.2 Å². The van der Waals surface area contributed by atoms with E-state index in [2.05, 4.69) is 10.1 Å². The van der Waals surface area contributed by atoms with Gasteiger partial charge in [-0.15, -0.1) is 0 Å². The molecule has 3 amide bonds. The molecule has 1 saturated heterocycles. The zero-order valence-electron chi connectivity index (χ0n) is 12.8. The summed E-state index contributed by atoms with van der Waals surface area (Å²) >= 11 is 5.87. The highest BCUT2D eigenvalue weighted by Crippen LogP contribution is 2.16. The van der Waals surface area contributed by atoms with E-state index in [-0.39, 0.29) is 18.4 Å². The number of nitrogens with zero attached hydrogens (tertiary/aromatic N) is 2. The van der Waals surface area contributed by atoms with Crippen LogP contribution in [0.25, 0.3) is 0 Å². The summed E-state index contributed by atoms with van der Waals surface area (Å²) in [5.41, 5.74) is 0.617. The zero-order chi connectivity index (χ0) is 16.8. The van der Waals surface area contributed by atoms with Gasteiger partial charge in [0.2, 0.25) is 5.91 Å². The highest BCUT2D eigenvalue weighted by molar-refractivity contribution is 6.30. The molecule has 0 aromatic heterocycles. The molecule has 23 heavy (non-hydrogen) atoms. The first-order valence-electron chi connectivity index (χ1n) is 7.15. The maximum absolute atomic E-state index is 12.2. The summed E-state index contributed by atoms with van der Waals surface area (Å²) in [6, 6.07) is 6.65. The molecule has 1 aromatic carbocycles. The Morgan fingerprint density at radius 2 is 1.83 bits per heavy atom. The van der Waals surface area contributed by atoms with Crippen molar-refractivity contribution in [2.24, 2.45) is 0 Å². The van der Waals surface area contributed by atoms with Crippen LogP contribution in [0.4, 0.5) is 10.5 Å². The third kappa shape index (κ3) is 4.85. The third-order valence-electron chi connectivity index (χ3n) is 3.52. The van der Waals surface area contributed by atoms with Gasteiger partial charge in [0, 0.05) is 36.9 Å². The number of halogens is 1. The average molecular weight is 340 g/mol. The Hall–Kier alpha value is -2.28. The Kier molecular flexibility index (Phi) is 5.81. The number of urea groups is 1. The van der Waals surface area contributed by atoms with Gasteiger partial charge in [0.1, 0.15) is 6.42 Å². The second-order valence-corrected chi connectivity index (χ2v) is 5.50. The van der Waals surface area contributed by atoms with E-state index in [9.17, 15) is 14.4 Å². The lowest BCUT2D eigenvalue weighted by atomic mass is 10.3. The highest BCUT2D eigenvalue weighted by atomic mass is 35.5. The molecule has 124 valence electrons. The number of anilines is 1. The number of hydrogen-bond donors (Lipinski definition) is 1. The first kappa shape index (κ1) is 17.1. The normalized spacial score (nSPS) is 14.3. The van der Waals surface area contributed by atoms with E-state index in [4.69, 9.17) is 11.6 Å². The van der Waals surface area contributed by atoms with Crippen LogP contribution in [-0.4, -0.2) is 61.0 Å². The second kappa shape index (κ2) is 7.82. The molecule has 1 aromatic rings. The number of rotatable bonds is 3. The Morgan fingerprint density at radius 3 is 2.43 bits per heavy atom. The quantitative estimate of drug-likeness (QED) is 0.670. The SMILES string of the molecule is COC(=O)CC(=O)N1CCN(C(=O)Nc2cccc(Cl)c2)CC1. The van der Waals surface area contributed by atoms with Gasteiger partial charge in [0.15, 0.2) is 0 Å². The van der Waals surface area contributed by atoms with E-state index in [1.165, 1.54) is 7.11 Å².